The maximum atomic E-state index is 12.8. The van der Waals surface area contributed by atoms with Crippen LogP contribution in [0.15, 0.2) is 59.0 Å². The fourth-order valence-electron chi connectivity index (χ4n) is 1.96. The van der Waals surface area contributed by atoms with Crippen LogP contribution < -0.4 is 0 Å². The Morgan fingerprint density at radius 3 is 2.58 bits per heavy atom. The molecule has 4 nitrogen and oxygen atoms in total. The van der Waals surface area contributed by atoms with Crippen molar-refractivity contribution in [2.45, 2.75) is 13.8 Å². The van der Waals surface area contributed by atoms with Gasteiger partial charge in [0.1, 0.15) is 5.58 Å². The van der Waals surface area contributed by atoms with Crippen LogP contribution in [0, 0.1) is 11.9 Å². The van der Waals surface area contributed by atoms with E-state index in [-0.39, 0.29) is 37.5 Å². The number of allylic oxidation sites excluding steroid dienone is 2. The zero-order valence-corrected chi connectivity index (χ0v) is 15.4. The van der Waals surface area contributed by atoms with Crippen molar-refractivity contribution in [3.05, 3.63) is 66.5 Å². The maximum Gasteiger partial charge on any atom is 0.155 e. The molecule has 3 rings (SSSR count). The van der Waals surface area contributed by atoms with Crippen LogP contribution in [0.3, 0.4) is 0 Å². The number of pyridine rings is 1. The Balaban J connectivity index is 0.000000312. The molecule has 3 aromatic rings. The first-order valence-electron chi connectivity index (χ1n) is 6.85. The number of hydrogen-bond acceptors (Lipinski definition) is 4. The summed E-state index contributed by atoms with van der Waals surface area (Å²) in [5.41, 5.74) is 2.28. The third-order valence-corrected chi connectivity index (χ3v) is 2.82. The molecule has 2 aromatic heterocycles. The minimum Gasteiger partial charge on any atom is -0.512 e. The summed E-state index contributed by atoms with van der Waals surface area (Å²) >= 11 is 0. The van der Waals surface area contributed by atoms with Gasteiger partial charge in [0, 0.05) is 43.6 Å². The van der Waals surface area contributed by atoms with Gasteiger partial charge in [0.15, 0.2) is 5.78 Å². The first kappa shape index (κ1) is 19.7. The molecule has 2 heterocycles. The Hall–Kier alpha value is -2.30. The molecule has 0 bridgehead atoms. The SMILES string of the molecule is CC(=O)C=C(C)O.Fc1c[c-]c(-c2nccc3occc23)cc1.[Ir]. The smallest absolute Gasteiger partial charge is 0.155 e. The van der Waals surface area contributed by atoms with E-state index in [9.17, 15) is 9.18 Å². The van der Waals surface area contributed by atoms with Crippen molar-refractivity contribution in [3.63, 3.8) is 0 Å². The summed E-state index contributed by atoms with van der Waals surface area (Å²) in [4.78, 5) is 14.3. The van der Waals surface area contributed by atoms with Crippen LogP contribution in [0.1, 0.15) is 13.8 Å². The second kappa shape index (κ2) is 9.11. The van der Waals surface area contributed by atoms with Gasteiger partial charge >= 0.3 is 0 Å². The Morgan fingerprint density at radius 1 is 1.29 bits per heavy atom. The van der Waals surface area contributed by atoms with Gasteiger partial charge < -0.3 is 14.5 Å². The molecule has 127 valence electrons. The van der Waals surface area contributed by atoms with Gasteiger partial charge in [-0.15, -0.1) is 29.8 Å². The number of carbonyl (C=O) groups is 1. The average molecular weight is 505 g/mol. The number of rotatable bonds is 2. The number of halogens is 1. The number of hydrogen-bond donors (Lipinski definition) is 1. The molecule has 0 fully saturated rings. The van der Waals surface area contributed by atoms with Crippen molar-refractivity contribution < 1.29 is 38.8 Å². The third-order valence-electron chi connectivity index (χ3n) is 2.82. The van der Waals surface area contributed by atoms with Gasteiger partial charge in [0.2, 0.25) is 0 Å². The second-order valence-corrected chi connectivity index (χ2v) is 4.81. The van der Waals surface area contributed by atoms with Crippen LogP contribution >= 0.6 is 0 Å². The number of aliphatic hydroxyl groups is 1. The molecule has 0 aliphatic rings. The van der Waals surface area contributed by atoms with E-state index in [1.54, 1.807) is 24.6 Å². The van der Waals surface area contributed by atoms with Crippen LogP contribution in [0.5, 0.6) is 0 Å². The van der Waals surface area contributed by atoms with E-state index in [1.807, 2.05) is 6.07 Å². The standard InChI is InChI=1S/C13H7FNO.C5H8O2.Ir/c14-10-3-1-9(2-4-10)13-11-6-8-16-12(11)5-7-15-13;1-4(6)3-5(2)7;/h1,3-8H;3,6H,1-2H3;/q-1;;. The predicted octanol–water partition coefficient (Wildman–Crippen LogP) is 4.47. The van der Waals surface area contributed by atoms with Crippen LogP contribution in [-0.2, 0) is 24.9 Å². The van der Waals surface area contributed by atoms with E-state index in [0.29, 0.717) is 0 Å². The molecule has 24 heavy (non-hydrogen) atoms. The quantitative estimate of drug-likeness (QED) is 0.318. The number of aliphatic hydroxyl groups excluding tert-OH is 1. The summed E-state index contributed by atoms with van der Waals surface area (Å²) < 4.78 is 18.1. The summed E-state index contributed by atoms with van der Waals surface area (Å²) in [6.45, 7) is 2.85. The summed E-state index contributed by atoms with van der Waals surface area (Å²) in [7, 11) is 0. The number of aromatic nitrogens is 1. The molecule has 0 amide bonds. The van der Waals surface area contributed by atoms with E-state index < -0.39 is 0 Å². The summed E-state index contributed by atoms with van der Waals surface area (Å²) in [5, 5.41) is 9.27. The second-order valence-electron chi connectivity index (χ2n) is 4.81. The molecule has 1 radical (unpaired) electrons. The summed E-state index contributed by atoms with van der Waals surface area (Å²) in [5.74, 6) is -0.365. The molecular weight excluding hydrogens is 489 g/mol. The van der Waals surface area contributed by atoms with Gasteiger partial charge in [0.05, 0.1) is 12.0 Å². The topological polar surface area (TPSA) is 63.3 Å². The minimum atomic E-state index is -0.303. The van der Waals surface area contributed by atoms with Gasteiger partial charge in [-0.1, -0.05) is 0 Å². The van der Waals surface area contributed by atoms with Crippen molar-refractivity contribution in [2.75, 3.05) is 0 Å². The first-order valence-corrected chi connectivity index (χ1v) is 6.85. The number of ketones is 1. The number of furan rings is 1. The normalized spacial score (nSPS) is 10.5. The summed E-state index contributed by atoms with van der Waals surface area (Å²) in [6, 6.07) is 10.8. The Morgan fingerprint density at radius 2 is 2.04 bits per heavy atom. The number of fused-ring (bicyclic) bond motifs is 1. The van der Waals surface area contributed by atoms with Gasteiger partial charge in [-0.25, -0.2) is 0 Å². The number of nitrogens with zero attached hydrogens (tertiary/aromatic N) is 1. The van der Waals surface area contributed by atoms with E-state index in [2.05, 4.69) is 11.1 Å². The van der Waals surface area contributed by atoms with Crippen LogP contribution in [0.25, 0.3) is 22.2 Å². The van der Waals surface area contributed by atoms with Crippen molar-refractivity contribution in [1.29, 1.82) is 0 Å². The Bertz CT molecular complexity index is 837. The van der Waals surface area contributed by atoms with E-state index in [1.165, 1.54) is 32.1 Å². The first-order chi connectivity index (χ1) is 11.0. The third kappa shape index (κ3) is 5.40. The average Bonchev–Trinajstić information content (AvgIpc) is 2.95. The fraction of sp³-hybridized carbons (Fsp3) is 0.111. The number of benzene rings is 1. The molecule has 6 heteroatoms. The van der Waals surface area contributed by atoms with Crippen LogP contribution in [0.4, 0.5) is 4.39 Å². The minimum absolute atomic E-state index is 0. The zero-order valence-electron chi connectivity index (χ0n) is 13.0. The van der Waals surface area contributed by atoms with Gasteiger partial charge in [-0.05, 0) is 31.7 Å². The van der Waals surface area contributed by atoms with Crippen LogP contribution in [-0.4, -0.2) is 15.9 Å². The molecule has 0 spiro atoms. The molecule has 0 unspecified atom stereocenters. The maximum absolute atomic E-state index is 12.8. The van der Waals surface area contributed by atoms with E-state index >= 15 is 0 Å². The summed E-state index contributed by atoms with van der Waals surface area (Å²) in [6.07, 6.45) is 4.44. The fourth-order valence-corrected chi connectivity index (χ4v) is 1.96. The van der Waals surface area contributed by atoms with E-state index in [0.717, 1.165) is 22.2 Å². The molecule has 1 aromatic carbocycles. The van der Waals surface area contributed by atoms with Crippen LogP contribution in [0.2, 0.25) is 0 Å². The Labute approximate surface area is 152 Å². The van der Waals surface area contributed by atoms with Gasteiger partial charge in [0.25, 0.3) is 0 Å². The molecule has 0 aliphatic heterocycles. The molecule has 0 aliphatic carbocycles. The largest absolute Gasteiger partial charge is 0.512 e. The Kier molecular flexibility index (Phi) is 7.49. The molecule has 0 saturated carbocycles. The van der Waals surface area contributed by atoms with Crippen molar-refractivity contribution in [2.24, 2.45) is 0 Å². The monoisotopic (exact) mass is 505 g/mol. The van der Waals surface area contributed by atoms with Crippen molar-refractivity contribution in [3.8, 4) is 11.3 Å². The molecule has 0 atom stereocenters. The van der Waals surface area contributed by atoms with Gasteiger partial charge in [-0.3, -0.25) is 9.18 Å². The van der Waals surface area contributed by atoms with Gasteiger partial charge in [-0.2, -0.15) is 0 Å². The zero-order chi connectivity index (χ0) is 16.8. The van der Waals surface area contributed by atoms with Crippen molar-refractivity contribution in [1.82, 2.24) is 4.98 Å². The molecule has 0 saturated heterocycles. The number of carbonyl (C=O) groups excluding carboxylic acids is 1. The van der Waals surface area contributed by atoms with Crippen molar-refractivity contribution >= 4 is 16.8 Å². The van der Waals surface area contributed by atoms with E-state index in [4.69, 9.17) is 9.52 Å². The molecule has 1 N–H and O–H groups in total. The predicted molar refractivity (Wildman–Crippen MR) is 85.3 cm³/mol. The molecular formula is C18H15FIrNO3-.